The van der Waals surface area contributed by atoms with Gasteiger partial charge in [0, 0.05) is 19.7 Å². The van der Waals surface area contributed by atoms with Gasteiger partial charge in [-0.2, -0.15) is 4.39 Å². The Morgan fingerprint density at radius 3 is 2.60 bits per heavy atom. The van der Waals surface area contributed by atoms with Gasteiger partial charge in [0.2, 0.25) is 15.8 Å². The summed E-state index contributed by atoms with van der Waals surface area (Å²) in [6.07, 6.45) is -0.418. The highest BCUT2D eigenvalue weighted by molar-refractivity contribution is 7.89. The molecule has 1 aromatic carbocycles. The van der Waals surface area contributed by atoms with Crippen molar-refractivity contribution < 1.29 is 27.6 Å². The van der Waals surface area contributed by atoms with Gasteiger partial charge in [-0.15, -0.1) is 0 Å². The van der Waals surface area contributed by atoms with Gasteiger partial charge >= 0.3 is 11.7 Å². The van der Waals surface area contributed by atoms with Gasteiger partial charge in [-0.3, -0.25) is 14.9 Å². The fraction of sp³-hybridized carbons (Fsp3) is 0.300. The van der Waals surface area contributed by atoms with Crippen LogP contribution in [0.5, 0.6) is 0 Å². The summed E-state index contributed by atoms with van der Waals surface area (Å²) in [4.78, 5) is 19.5. The van der Waals surface area contributed by atoms with Crippen LogP contribution in [0.25, 0.3) is 0 Å². The molecule has 0 spiro atoms. The second kappa shape index (κ2) is 5.92. The number of nitrogens with zero attached hydrogens (tertiary/aromatic N) is 2. The van der Waals surface area contributed by atoms with Gasteiger partial charge in [0.05, 0.1) is 16.2 Å². The van der Waals surface area contributed by atoms with Crippen molar-refractivity contribution in [3.8, 4) is 0 Å². The zero-order chi connectivity index (χ0) is 15.5. The number of nitro groups is 1. The van der Waals surface area contributed by atoms with Crippen LogP contribution < -0.4 is 0 Å². The minimum Gasteiger partial charge on any atom is -0.481 e. The summed E-state index contributed by atoms with van der Waals surface area (Å²) >= 11 is 0. The number of halogens is 1. The first kappa shape index (κ1) is 16.0. The number of rotatable bonds is 6. The van der Waals surface area contributed by atoms with Gasteiger partial charge in [0.15, 0.2) is 0 Å². The van der Waals surface area contributed by atoms with E-state index in [0.717, 1.165) is 17.4 Å². The molecular weight excluding hydrogens is 295 g/mol. The number of aliphatic carboxylic acids is 1. The molecule has 0 aliphatic carbocycles. The van der Waals surface area contributed by atoms with E-state index in [0.29, 0.717) is 12.1 Å². The monoisotopic (exact) mass is 306 g/mol. The third-order valence-electron chi connectivity index (χ3n) is 2.46. The first-order valence-corrected chi connectivity index (χ1v) is 6.72. The average Bonchev–Trinajstić information content (AvgIpc) is 2.35. The second-order valence-corrected chi connectivity index (χ2v) is 5.89. The number of sulfonamides is 1. The van der Waals surface area contributed by atoms with Gasteiger partial charge in [-0.1, -0.05) is 0 Å². The van der Waals surface area contributed by atoms with E-state index in [2.05, 4.69) is 0 Å². The number of carboxylic acids is 1. The number of hydrogen-bond donors (Lipinski definition) is 1. The van der Waals surface area contributed by atoms with Crippen molar-refractivity contribution in [2.75, 3.05) is 13.6 Å². The largest absolute Gasteiger partial charge is 0.481 e. The Hall–Kier alpha value is -2.07. The molecule has 1 rings (SSSR count). The summed E-state index contributed by atoms with van der Waals surface area (Å²) in [6, 6.07) is 2.16. The molecule has 0 aliphatic rings. The predicted molar refractivity (Wildman–Crippen MR) is 65.1 cm³/mol. The fourth-order valence-corrected chi connectivity index (χ4v) is 2.54. The lowest BCUT2D eigenvalue weighted by Crippen LogP contribution is -2.29. The Kier molecular flexibility index (Phi) is 4.73. The summed E-state index contributed by atoms with van der Waals surface area (Å²) in [5.74, 6) is -2.33. The maximum atomic E-state index is 13.1. The third-order valence-corrected chi connectivity index (χ3v) is 4.32. The maximum absolute atomic E-state index is 13.1. The Labute approximate surface area is 113 Å². The zero-order valence-electron chi connectivity index (χ0n) is 10.3. The number of benzene rings is 1. The van der Waals surface area contributed by atoms with E-state index in [4.69, 9.17) is 5.11 Å². The third kappa shape index (κ3) is 3.48. The SMILES string of the molecule is CN(CCC(=O)O)S(=O)(=O)c1ccc(F)c([N+](=O)[O-])c1. The lowest BCUT2D eigenvalue weighted by atomic mass is 10.3. The number of carboxylic acid groups (broad SMARTS) is 1. The van der Waals surface area contributed by atoms with Crippen LogP contribution in [0.1, 0.15) is 6.42 Å². The van der Waals surface area contributed by atoms with Crippen LogP contribution in [0.15, 0.2) is 23.1 Å². The van der Waals surface area contributed by atoms with Crippen LogP contribution in [0.4, 0.5) is 10.1 Å². The molecule has 8 nitrogen and oxygen atoms in total. The predicted octanol–water partition coefficient (Wildman–Crippen LogP) is 0.829. The molecule has 10 heteroatoms. The molecule has 0 bridgehead atoms. The van der Waals surface area contributed by atoms with Gasteiger partial charge in [-0.25, -0.2) is 12.7 Å². The molecule has 0 fully saturated rings. The molecule has 0 heterocycles. The standard InChI is InChI=1S/C10H11FN2O6S/c1-12(5-4-10(14)15)20(18,19)7-2-3-8(11)9(6-7)13(16)17/h2-3,6H,4-5H2,1H3,(H,14,15). The van der Waals surface area contributed by atoms with Crippen molar-refractivity contribution >= 4 is 21.7 Å². The van der Waals surface area contributed by atoms with Crippen molar-refractivity contribution in [3.05, 3.63) is 34.1 Å². The lowest BCUT2D eigenvalue weighted by Gasteiger charge is -2.15. The van der Waals surface area contributed by atoms with E-state index >= 15 is 0 Å². The van der Waals surface area contributed by atoms with Crippen molar-refractivity contribution in [1.82, 2.24) is 4.31 Å². The molecule has 0 atom stereocenters. The highest BCUT2D eigenvalue weighted by Gasteiger charge is 2.25. The minimum absolute atomic E-state index is 0.303. The summed E-state index contributed by atoms with van der Waals surface area (Å²) in [5.41, 5.74) is -0.960. The molecule has 0 radical (unpaired) electrons. The summed E-state index contributed by atoms with van der Waals surface area (Å²) in [6.45, 7) is -0.303. The van der Waals surface area contributed by atoms with E-state index < -0.39 is 43.7 Å². The molecule has 20 heavy (non-hydrogen) atoms. The second-order valence-electron chi connectivity index (χ2n) is 3.84. The first-order valence-electron chi connectivity index (χ1n) is 5.28. The van der Waals surface area contributed by atoms with E-state index in [1.165, 1.54) is 0 Å². The topological polar surface area (TPSA) is 118 Å². The van der Waals surface area contributed by atoms with E-state index in [1.807, 2.05) is 0 Å². The zero-order valence-corrected chi connectivity index (χ0v) is 11.1. The van der Waals surface area contributed by atoms with Crippen molar-refractivity contribution in [3.63, 3.8) is 0 Å². The number of nitro benzene ring substituents is 1. The Balaban J connectivity index is 3.12. The van der Waals surface area contributed by atoms with Gasteiger partial charge in [-0.05, 0) is 12.1 Å². The van der Waals surface area contributed by atoms with Gasteiger partial charge in [0.25, 0.3) is 0 Å². The summed E-state index contributed by atoms with van der Waals surface area (Å²) in [5, 5.41) is 19.1. The molecule has 110 valence electrons. The molecule has 0 aromatic heterocycles. The summed E-state index contributed by atoms with van der Waals surface area (Å²) < 4.78 is 37.9. The van der Waals surface area contributed by atoms with E-state index in [9.17, 15) is 27.7 Å². The van der Waals surface area contributed by atoms with Crippen molar-refractivity contribution in [1.29, 1.82) is 0 Å². The fourth-order valence-electron chi connectivity index (χ4n) is 1.35. The maximum Gasteiger partial charge on any atom is 0.306 e. The lowest BCUT2D eigenvalue weighted by molar-refractivity contribution is -0.387. The van der Waals surface area contributed by atoms with Crippen LogP contribution in [0.2, 0.25) is 0 Å². The minimum atomic E-state index is -4.11. The van der Waals surface area contributed by atoms with Crippen LogP contribution in [-0.2, 0) is 14.8 Å². The quantitative estimate of drug-likeness (QED) is 0.614. The normalized spacial score (nSPS) is 11.6. The number of carbonyl (C=O) groups is 1. The highest BCUT2D eigenvalue weighted by Crippen LogP contribution is 2.23. The first-order chi connectivity index (χ1) is 9.16. The van der Waals surface area contributed by atoms with Crippen LogP contribution >= 0.6 is 0 Å². The molecule has 1 N–H and O–H groups in total. The van der Waals surface area contributed by atoms with Gasteiger partial charge < -0.3 is 5.11 Å². The number of hydrogen-bond acceptors (Lipinski definition) is 5. The molecule has 0 aliphatic heterocycles. The van der Waals surface area contributed by atoms with Crippen molar-refractivity contribution in [2.45, 2.75) is 11.3 Å². The molecule has 0 unspecified atom stereocenters. The molecule has 1 aromatic rings. The van der Waals surface area contributed by atoms with Crippen LogP contribution in [-0.4, -0.2) is 42.3 Å². The Morgan fingerprint density at radius 2 is 2.10 bits per heavy atom. The molecule has 0 amide bonds. The Morgan fingerprint density at radius 1 is 1.50 bits per heavy atom. The molecule has 0 saturated carbocycles. The smallest absolute Gasteiger partial charge is 0.306 e. The molecule has 0 saturated heterocycles. The van der Waals surface area contributed by atoms with Gasteiger partial charge in [0.1, 0.15) is 0 Å². The highest BCUT2D eigenvalue weighted by atomic mass is 32.2. The van der Waals surface area contributed by atoms with Crippen LogP contribution in [0.3, 0.4) is 0 Å². The van der Waals surface area contributed by atoms with E-state index in [1.54, 1.807) is 0 Å². The Bertz CT molecular complexity index is 645. The van der Waals surface area contributed by atoms with Crippen LogP contribution in [0, 0.1) is 15.9 Å². The van der Waals surface area contributed by atoms with E-state index in [-0.39, 0.29) is 6.54 Å². The molecular formula is C10H11FN2O6S. The summed E-state index contributed by atoms with van der Waals surface area (Å²) in [7, 11) is -2.98. The average molecular weight is 306 g/mol. The van der Waals surface area contributed by atoms with Crippen molar-refractivity contribution in [2.24, 2.45) is 0 Å².